The average molecular weight is 354 g/mol. The number of hydrogen-bond donors (Lipinski definition) is 0. The maximum atomic E-state index is 13.0. The molecular weight excluding hydrogens is 336 g/mol. The van der Waals surface area contributed by atoms with Gasteiger partial charge in [0.15, 0.2) is 5.78 Å². The van der Waals surface area contributed by atoms with Crippen molar-refractivity contribution in [3.63, 3.8) is 0 Å². The van der Waals surface area contributed by atoms with E-state index in [0.29, 0.717) is 22.3 Å². The molecule has 0 spiro atoms. The van der Waals surface area contributed by atoms with Gasteiger partial charge in [-0.3, -0.25) is 14.0 Å². The lowest BCUT2D eigenvalue weighted by Gasteiger charge is -2.05. The van der Waals surface area contributed by atoms with Crippen LogP contribution in [0.4, 0.5) is 0 Å². The van der Waals surface area contributed by atoms with E-state index < -0.39 is 0 Å². The molecule has 0 aliphatic heterocycles. The first-order chi connectivity index (χ1) is 13.0. The van der Waals surface area contributed by atoms with Crippen molar-refractivity contribution in [1.82, 2.24) is 9.38 Å². The van der Waals surface area contributed by atoms with E-state index >= 15 is 0 Å². The Hall–Kier alpha value is -3.53. The van der Waals surface area contributed by atoms with Crippen molar-refractivity contribution in [2.45, 2.75) is 13.8 Å². The third-order valence-electron chi connectivity index (χ3n) is 4.66. The van der Waals surface area contributed by atoms with Gasteiger partial charge in [0, 0.05) is 16.7 Å². The summed E-state index contributed by atoms with van der Waals surface area (Å²) in [6.45, 7) is 3.49. The minimum absolute atomic E-state index is 0.0827. The lowest BCUT2D eigenvalue weighted by molar-refractivity contribution is 0.101. The second-order valence-electron chi connectivity index (χ2n) is 6.59. The highest BCUT2D eigenvalue weighted by atomic mass is 16.1. The molecule has 4 aromatic rings. The number of rotatable bonds is 4. The molecule has 0 N–H and O–H groups in total. The lowest BCUT2D eigenvalue weighted by Crippen LogP contribution is -2.05. The molecule has 0 aliphatic carbocycles. The fraction of sp³-hybridized carbons (Fsp3) is 0.0870. The second kappa shape index (κ2) is 6.65. The fourth-order valence-electron chi connectivity index (χ4n) is 3.17. The number of hydrogen-bond acceptors (Lipinski definition) is 3. The van der Waals surface area contributed by atoms with Crippen LogP contribution in [0.15, 0.2) is 73.1 Å². The first-order valence-electron chi connectivity index (χ1n) is 8.73. The Bertz CT molecular complexity index is 1160. The molecule has 27 heavy (non-hydrogen) atoms. The van der Waals surface area contributed by atoms with E-state index in [1.807, 2.05) is 55.5 Å². The lowest BCUT2D eigenvalue weighted by atomic mass is 10.1. The van der Waals surface area contributed by atoms with E-state index in [1.165, 1.54) is 6.92 Å². The van der Waals surface area contributed by atoms with E-state index in [0.717, 1.165) is 16.8 Å². The van der Waals surface area contributed by atoms with Crippen LogP contribution >= 0.6 is 0 Å². The van der Waals surface area contributed by atoms with Crippen molar-refractivity contribution in [2.24, 2.45) is 0 Å². The molecular formula is C23H18N2O2. The van der Waals surface area contributed by atoms with Gasteiger partial charge in [0.1, 0.15) is 6.33 Å². The van der Waals surface area contributed by atoms with Crippen LogP contribution in [-0.4, -0.2) is 21.0 Å². The van der Waals surface area contributed by atoms with Crippen LogP contribution in [0.3, 0.4) is 0 Å². The molecule has 4 nitrogen and oxygen atoms in total. The van der Waals surface area contributed by atoms with Gasteiger partial charge in [-0.15, -0.1) is 0 Å². The normalized spacial score (nSPS) is 10.9. The van der Waals surface area contributed by atoms with Crippen molar-refractivity contribution in [2.75, 3.05) is 0 Å². The molecule has 0 radical (unpaired) electrons. The maximum Gasteiger partial charge on any atom is 0.209 e. The van der Waals surface area contributed by atoms with Gasteiger partial charge in [0.25, 0.3) is 0 Å². The summed E-state index contributed by atoms with van der Waals surface area (Å²) in [6.07, 6.45) is 1.62. The maximum absolute atomic E-state index is 13.0. The number of carbonyl (C=O) groups is 2. The van der Waals surface area contributed by atoms with Crippen LogP contribution in [0.25, 0.3) is 16.8 Å². The minimum Gasteiger partial charge on any atom is -0.296 e. The molecule has 0 unspecified atom stereocenters. The highest BCUT2D eigenvalue weighted by Crippen LogP contribution is 2.25. The van der Waals surface area contributed by atoms with Crippen LogP contribution < -0.4 is 0 Å². The highest BCUT2D eigenvalue weighted by molar-refractivity contribution is 6.12. The third-order valence-corrected chi connectivity index (χ3v) is 4.66. The van der Waals surface area contributed by atoms with E-state index in [-0.39, 0.29) is 11.6 Å². The molecule has 0 atom stereocenters. The number of carbonyl (C=O) groups excluding carboxylic acids is 2. The molecule has 0 amide bonds. The average Bonchev–Trinajstić information content (AvgIpc) is 3.08. The molecule has 4 heteroatoms. The Labute approximate surface area is 157 Å². The number of fused-ring (bicyclic) bond motifs is 1. The largest absolute Gasteiger partial charge is 0.296 e. The van der Waals surface area contributed by atoms with Crippen molar-refractivity contribution in [3.8, 4) is 11.3 Å². The van der Waals surface area contributed by atoms with Gasteiger partial charge in [-0.25, -0.2) is 4.98 Å². The smallest absolute Gasteiger partial charge is 0.209 e. The van der Waals surface area contributed by atoms with E-state index in [2.05, 4.69) is 4.98 Å². The van der Waals surface area contributed by atoms with Gasteiger partial charge in [0.2, 0.25) is 5.78 Å². The summed E-state index contributed by atoms with van der Waals surface area (Å²) in [7, 11) is 0. The summed E-state index contributed by atoms with van der Waals surface area (Å²) < 4.78 is 1.70. The summed E-state index contributed by atoms with van der Waals surface area (Å²) in [5.41, 5.74) is 5.04. The molecule has 0 saturated heterocycles. The summed E-state index contributed by atoms with van der Waals surface area (Å²) >= 11 is 0. The summed E-state index contributed by atoms with van der Waals surface area (Å²) in [4.78, 5) is 29.7. The highest BCUT2D eigenvalue weighted by Gasteiger charge is 2.19. The Morgan fingerprint density at radius 3 is 2.30 bits per heavy atom. The van der Waals surface area contributed by atoms with Crippen molar-refractivity contribution in [1.29, 1.82) is 0 Å². The molecule has 132 valence electrons. The summed E-state index contributed by atoms with van der Waals surface area (Å²) in [6, 6.07) is 20.7. The molecule has 0 aliphatic rings. The topological polar surface area (TPSA) is 51.4 Å². The van der Waals surface area contributed by atoms with Gasteiger partial charge in [-0.2, -0.15) is 0 Å². The van der Waals surface area contributed by atoms with Crippen LogP contribution in [-0.2, 0) is 0 Å². The quantitative estimate of drug-likeness (QED) is 0.497. The SMILES string of the molecule is CC(=O)c1cc(C(=O)c2ccc(C)cc2)n2cnc(-c3ccccc3)cc12. The van der Waals surface area contributed by atoms with Gasteiger partial charge < -0.3 is 0 Å². The number of Topliss-reactive ketones (excluding diaryl/α,β-unsaturated/α-hetero) is 1. The number of nitrogens with zero attached hydrogens (tertiary/aromatic N) is 2. The zero-order valence-electron chi connectivity index (χ0n) is 15.1. The predicted molar refractivity (Wildman–Crippen MR) is 105 cm³/mol. The molecule has 2 heterocycles. The Kier molecular flexibility index (Phi) is 4.16. The van der Waals surface area contributed by atoms with Crippen LogP contribution in [0, 0.1) is 6.92 Å². The first kappa shape index (κ1) is 16.9. The standard InChI is InChI=1S/C23H18N2O2/c1-15-8-10-18(11-9-15)23(27)22-12-19(16(2)26)21-13-20(24-14-25(21)22)17-6-4-3-5-7-17/h3-14H,1-2H3. The van der Waals surface area contributed by atoms with Crippen molar-refractivity contribution < 1.29 is 9.59 Å². The van der Waals surface area contributed by atoms with Crippen molar-refractivity contribution in [3.05, 3.63) is 95.4 Å². The monoisotopic (exact) mass is 354 g/mol. The van der Waals surface area contributed by atoms with E-state index in [4.69, 9.17) is 0 Å². The Balaban J connectivity index is 1.88. The van der Waals surface area contributed by atoms with Crippen LogP contribution in [0.2, 0.25) is 0 Å². The number of ketones is 2. The molecule has 4 rings (SSSR count). The van der Waals surface area contributed by atoms with Gasteiger partial charge in [-0.1, -0.05) is 60.2 Å². The van der Waals surface area contributed by atoms with Gasteiger partial charge in [0.05, 0.1) is 16.9 Å². The molecule has 0 bridgehead atoms. The molecule has 2 aromatic carbocycles. The second-order valence-corrected chi connectivity index (χ2v) is 6.59. The Morgan fingerprint density at radius 2 is 1.63 bits per heavy atom. The number of benzene rings is 2. The van der Waals surface area contributed by atoms with E-state index in [9.17, 15) is 9.59 Å². The van der Waals surface area contributed by atoms with Crippen LogP contribution in [0.5, 0.6) is 0 Å². The zero-order valence-corrected chi connectivity index (χ0v) is 15.1. The molecule has 2 aromatic heterocycles. The van der Waals surface area contributed by atoms with Gasteiger partial charge >= 0.3 is 0 Å². The first-order valence-corrected chi connectivity index (χ1v) is 8.73. The number of aromatic nitrogens is 2. The third kappa shape index (κ3) is 3.06. The van der Waals surface area contributed by atoms with Gasteiger partial charge in [-0.05, 0) is 26.0 Å². The molecule has 0 saturated carbocycles. The number of aryl methyl sites for hydroxylation is 1. The minimum atomic E-state index is -0.133. The fourth-order valence-corrected chi connectivity index (χ4v) is 3.17. The summed E-state index contributed by atoms with van der Waals surface area (Å²) in [5.74, 6) is -0.215. The zero-order chi connectivity index (χ0) is 19.0. The molecule has 0 fully saturated rings. The summed E-state index contributed by atoms with van der Waals surface area (Å²) in [5, 5.41) is 0. The van der Waals surface area contributed by atoms with E-state index in [1.54, 1.807) is 28.9 Å². The predicted octanol–water partition coefficient (Wildman–Crippen LogP) is 4.74. The van der Waals surface area contributed by atoms with Crippen LogP contribution in [0.1, 0.15) is 38.9 Å². The Morgan fingerprint density at radius 1 is 0.926 bits per heavy atom. The van der Waals surface area contributed by atoms with Crippen molar-refractivity contribution >= 4 is 17.1 Å².